The Morgan fingerprint density at radius 1 is 0.897 bits per heavy atom. The summed E-state index contributed by atoms with van der Waals surface area (Å²) in [6, 6.07) is 20.5. The predicted molar refractivity (Wildman–Crippen MR) is 120 cm³/mol. The van der Waals surface area contributed by atoms with Gasteiger partial charge < -0.3 is 14.8 Å². The zero-order valence-corrected chi connectivity index (χ0v) is 17.8. The van der Waals surface area contributed by atoms with Crippen molar-refractivity contribution in [2.75, 3.05) is 25.5 Å². The van der Waals surface area contributed by atoms with Crippen LogP contribution in [0.15, 0.2) is 65.6 Å². The average Bonchev–Trinajstić information content (AvgIpc) is 2.74. The fraction of sp³-hybridized carbons (Fsp3) is 0.292. The van der Waals surface area contributed by atoms with Crippen molar-refractivity contribution in [2.45, 2.75) is 25.2 Å². The standard InChI is InChI=1S/C24H27NO3S/c1-3-27-22-12-9-18(15-23(22)28-4-2)13-14-25-24(26)17-29-21-11-10-19-7-5-6-8-20(19)16-21/h5-12,15-16H,3-4,13-14,17H2,1-2H3,(H,25,26). The number of ether oxygens (including phenoxy) is 2. The van der Waals surface area contributed by atoms with Gasteiger partial charge in [0, 0.05) is 11.4 Å². The van der Waals surface area contributed by atoms with Crippen LogP contribution < -0.4 is 14.8 Å². The van der Waals surface area contributed by atoms with E-state index in [0.717, 1.165) is 28.4 Å². The number of carbonyl (C=O) groups excluding carboxylic acids is 1. The van der Waals surface area contributed by atoms with Crippen LogP contribution in [0.5, 0.6) is 11.5 Å². The fourth-order valence-electron chi connectivity index (χ4n) is 3.05. The Morgan fingerprint density at radius 2 is 1.66 bits per heavy atom. The normalized spacial score (nSPS) is 10.7. The highest BCUT2D eigenvalue weighted by Crippen LogP contribution is 2.28. The highest BCUT2D eigenvalue weighted by molar-refractivity contribution is 8.00. The van der Waals surface area contributed by atoms with Gasteiger partial charge in [-0.05, 0) is 60.9 Å². The second-order valence-corrected chi connectivity index (χ2v) is 7.59. The molecule has 0 radical (unpaired) electrons. The second-order valence-electron chi connectivity index (χ2n) is 6.54. The van der Waals surface area contributed by atoms with Crippen LogP contribution in [0.25, 0.3) is 10.8 Å². The minimum Gasteiger partial charge on any atom is -0.490 e. The SMILES string of the molecule is CCOc1ccc(CCNC(=O)CSc2ccc3ccccc3c2)cc1OCC. The number of benzene rings is 3. The molecule has 3 aromatic carbocycles. The molecule has 1 amide bonds. The maximum absolute atomic E-state index is 12.2. The van der Waals surface area contributed by atoms with E-state index in [-0.39, 0.29) is 5.91 Å². The Hall–Kier alpha value is -2.66. The summed E-state index contributed by atoms with van der Waals surface area (Å²) in [5.74, 6) is 1.96. The Balaban J connectivity index is 1.47. The first kappa shape index (κ1) is 21.1. The summed E-state index contributed by atoms with van der Waals surface area (Å²) >= 11 is 1.56. The van der Waals surface area contributed by atoms with Crippen LogP contribution >= 0.6 is 11.8 Å². The highest BCUT2D eigenvalue weighted by Gasteiger charge is 2.07. The van der Waals surface area contributed by atoms with Gasteiger partial charge in [-0.3, -0.25) is 4.79 Å². The molecule has 0 aliphatic rings. The number of hydrogen-bond acceptors (Lipinski definition) is 4. The molecule has 152 valence electrons. The van der Waals surface area contributed by atoms with Gasteiger partial charge in [-0.25, -0.2) is 0 Å². The molecule has 0 spiro atoms. The summed E-state index contributed by atoms with van der Waals surface area (Å²) in [7, 11) is 0. The molecule has 3 aromatic rings. The molecule has 0 heterocycles. The minimum absolute atomic E-state index is 0.0409. The van der Waals surface area contributed by atoms with Gasteiger partial charge in [0.15, 0.2) is 11.5 Å². The quantitative estimate of drug-likeness (QED) is 0.474. The van der Waals surface area contributed by atoms with E-state index in [0.29, 0.717) is 25.5 Å². The molecular formula is C24H27NO3S. The maximum atomic E-state index is 12.2. The van der Waals surface area contributed by atoms with Gasteiger partial charge in [0.25, 0.3) is 0 Å². The second kappa shape index (κ2) is 10.8. The third-order valence-corrected chi connectivity index (χ3v) is 5.43. The molecule has 0 aliphatic carbocycles. The van der Waals surface area contributed by atoms with Crippen molar-refractivity contribution in [3.05, 3.63) is 66.2 Å². The summed E-state index contributed by atoms with van der Waals surface area (Å²) in [5, 5.41) is 5.40. The molecular weight excluding hydrogens is 382 g/mol. The molecule has 0 aromatic heterocycles. The lowest BCUT2D eigenvalue weighted by atomic mass is 10.1. The van der Waals surface area contributed by atoms with E-state index in [2.05, 4.69) is 35.6 Å². The first-order chi connectivity index (χ1) is 14.2. The number of thioether (sulfide) groups is 1. The van der Waals surface area contributed by atoms with Crippen molar-refractivity contribution in [2.24, 2.45) is 0 Å². The lowest BCUT2D eigenvalue weighted by Crippen LogP contribution is -2.27. The first-order valence-corrected chi connectivity index (χ1v) is 10.9. The van der Waals surface area contributed by atoms with Gasteiger partial charge in [-0.15, -0.1) is 11.8 Å². The Morgan fingerprint density at radius 3 is 2.45 bits per heavy atom. The highest BCUT2D eigenvalue weighted by atomic mass is 32.2. The molecule has 0 saturated heterocycles. The van der Waals surface area contributed by atoms with Crippen LogP contribution in [0.3, 0.4) is 0 Å². The number of fused-ring (bicyclic) bond motifs is 1. The lowest BCUT2D eigenvalue weighted by Gasteiger charge is -2.12. The molecule has 0 fully saturated rings. The Kier molecular flexibility index (Phi) is 7.82. The Bertz CT molecular complexity index is 958. The van der Waals surface area contributed by atoms with E-state index in [9.17, 15) is 4.79 Å². The minimum atomic E-state index is 0.0409. The molecule has 29 heavy (non-hydrogen) atoms. The van der Waals surface area contributed by atoms with Crippen molar-refractivity contribution in [3.63, 3.8) is 0 Å². The lowest BCUT2D eigenvalue weighted by molar-refractivity contribution is -0.118. The van der Waals surface area contributed by atoms with Gasteiger partial charge in [0.2, 0.25) is 5.91 Å². The number of hydrogen-bond donors (Lipinski definition) is 1. The first-order valence-electron chi connectivity index (χ1n) is 9.96. The van der Waals surface area contributed by atoms with Crippen LogP contribution in [0, 0.1) is 0 Å². The van der Waals surface area contributed by atoms with E-state index >= 15 is 0 Å². The smallest absolute Gasteiger partial charge is 0.230 e. The number of rotatable bonds is 10. The topological polar surface area (TPSA) is 47.6 Å². The number of carbonyl (C=O) groups is 1. The van der Waals surface area contributed by atoms with E-state index < -0.39 is 0 Å². The van der Waals surface area contributed by atoms with Gasteiger partial charge in [0.05, 0.1) is 19.0 Å². The largest absolute Gasteiger partial charge is 0.490 e. The van der Waals surface area contributed by atoms with E-state index in [4.69, 9.17) is 9.47 Å². The zero-order valence-electron chi connectivity index (χ0n) is 16.9. The number of nitrogens with one attached hydrogen (secondary N) is 1. The van der Waals surface area contributed by atoms with Crippen molar-refractivity contribution >= 4 is 28.4 Å². The molecule has 3 rings (SSSR count). The molecule has 0 bridgehead atoms. The fourth-order valence-corrected chi connectivity index (χ4v) is 3.83. The van der Waals surface area contributed by atoms with E-state index in [1.807, 2.05) is 44.2 Å². The van der Waals surface area contributed by atoms with Crippen molar-refractivity contribution < 1.29 is 14.3 Å². The van der Waals surface area contributed by atoms with Crippen LogP contribution in [-0.2, 0) is 11.2 Å². The van der Waals surface area contributed by atoms with Crippen LogP contribution in [0.4, 0.5) is 0 Å². The summed E-state index contributed by atoms with van der Waals surface area (Å²) in [6.45, 7) is 5.69. The van der Waals surface area contributed by atoms with Crippen LogP contribution in [-0.4, -0.2) is 31.4 Å². The van der Waals surface area contributed by atoms with Crippen molar-refractivity contribution in [1.29, 1.82) is 0 Å². The van der Waals surface area contributed by atoms with E-state index in [1.165, 1.54) is 10.8 Å². The molecule has 4 nitrogen and oxygen atoms in total. The molecule has 0 unspecified atom stereocenters. The van der Waals surface area contributed by atoms with Gasteiger partial charge in [-0.1, -0.05) is 36.4 Å². The molecule has 0 saturated carbocycles. The Labute approximate surface area is 176 Å². The van der Waals surface area contributed by atoms with Crippen molar-refractivity contribution in [1.82, 2.24) is 5.32 Å². The zero-order chi connectivity index (χ0) is 20.5. The van der Waals surface area contributed by atoms with Gasteiger partial charge in [0.1, 0.15) is 0 Å². The number of amides is 1. The van der Waals surface area contributed by atoms with Crippen LogP contribution in [0.2, 0.25) is 0 Å². The monoisotopic (exact) mass is 409 g/mol. The van der Waals surface area contributed by atoms with Gasteiger partial charge in [-0.2, -0.15) is 0 Å². The summed E-state index contributed by atoms with van der Waals surface area (Å²) in [4.78, 5) is 13.3. The summed E-state index contributed by atoms with van der Waals surface area (Å²) in [6.07, 6.45) is 0.749. The maximum Gasteiger partial charge on any atom is 0.230 e. The summed E-state index contributed by atoms with van der Waals surface area (Å²) < 4.78 is 11.3. The third-order valence-electron chi connectivity index (χ3n) is 4.43. The molecule has 5 heteroatoms. The summed E-state index contributed by atoms with van der Waals surface area (Å²) in [5.41, 5.74) is 1.11. The molecule has 0 aliphatic heterocycles. The molecule has 1 N–H and O–H groups in total. The third kappa shape index (κ3) is 6.16. The van der Waals surface area contributed by atoms with Crippen LogP contribution in [0.1, 0.15) is 19.4 Å². The van der Waals surface area contributed by atoms with Gasteiger partial charge >= 0.3 is 0 Å². The average molecular weight is 410 g/mol. The molecule has 0 atom stereocenters. The van der Waals surface area contributed by atoms with E-state index in [1.54, 1.807) is 11.8 Å². The predicted octanol–water partition coefficient (Wildman–Crippen LogP) is 5.09. The van der Waals surface area contributed by atoms with Crippen molar-refractivity contribution in [3.8, 4) is 11.5 Å².